The van der Waals surface area contributed by atoms with Gasteiger partial charge in [-0.05, 0) is 36.5 Å². The van der Waals surface area contributed by atoms with Crippen LogP contribution in [0.2, 0.25) is 0 Å². The van der Waals surface area contributed by atoms with Crippen molar-refractivity contribution in [1.82, 2.24) is 5.32 Å². The predicted octanol–water partition coefficient (Wildman–Crippen LogP) is 4.67. The van der Waals surface area contributed by atoms with Gasteiger partial charge in [0.1, 0.15) is 0 Å². The van der Waals surface area contributed by atoms with Crippen molar-refractivity contribution in [3.8, 4) is 0 Å². The van der Waals surface area contributed by atoms with Gasteiger partial charge in [-0.2, -0.15) is 0 Å². The molecule has 1 aliphatic heterocycles. The van der Waals surface area contributed by atoms with Crippen LogP contribution in [0, 0.1) is 10.8 Å². The quantitative estimate of drug-likeness (QED) is 0.742. The SMILES string of the molecule is CCC(C)(CC)C1CSC(C(C)(CC)CC)N1. The van der Waals surface area contributed by atoms with Gasteiger partial charge in [-0.25, -0.2) is 0 Å². The number of rotatable bonds is 6. The first kappa shape index (κ1) is 15.4. The topological polar surface area (TPSA) is 12.0 Å². The zero-order valence-corrected chi connectivity index (χ0v) is 13.4. The maximum absolute atomic E-state index is 3.94. The Morgan fingerprint density at radius 3 is 1.82 bits per heavy atom. The highest BCUT2D eigenvalue weighted by atomic mass is 32.2. The molecule has 0 aromatic heterocycles. The third-order valence-electron chi connectivity index (χ3n) is 5.49. The van der Waals surface area contributed by atoms with Gasteiger partial charge in [0.05, 0.1) is 5.37 Å². The van der Waals surface area contributed by atoms with E-state index in [2.05, 4.69) is 58.6 Å². The Hall–Kier alpha value is 0.310. The molecule has 2 unspecified atom stereocenters. The maximum atomic E-state index is 3.94. The lowest BCUT2D eigenvalue weighted by atomic mass is 9.77. The molecule has 1 nitrogen and oxygen atoms in total. The first-order valence-electron chi connectivity index (χ1n) is 7.33. The summed E-state index contributed by atoms with van der Waals surface area (Å²) in [6, 6.07) is 0.699. The highest BCUT2D eigenvalue weighted by Crippen LogP contribution is 2.44. The minimum Gasteiger partial charge on any atom is -0.301 e. The molecule has 0 saturated carbocycles. The van der Waals surface area contributed by atoms with Crippen LogP contribution in [0.25, 0.3) is 0 Å². The molecule has 2 atom stereocenters. The van der Waals surface area contributed by atoms with Crippen LogP contribution < -0.4 is 5.32 Å². The first-order valence-corrected chi connectivity index (χ1v) is 8.38. The number of hydrogen-bond donors (Lipinski definition) is 1. The van der Waals surface area contributed by atoms with Crippen molar-refractivity contribution in [3.63, 3.8) is 0 Å². The maximum Gasteiger partial charge on any atom is 0.0589 e. The molecule has 1 saturated heterocycles. The summed E-state index contributed by atoms with van der Waals surface area (Å²) in [5, 5.41) is 4.59. The second-order valence-corrected chi connectivity index (χ2v) is 7.29. The second-order valence-electron chi connectivity index (χ2n) is 6.15. The van der Waals surface area contributed by atoms with Crippen LogP contribution in [0.4, 0.5) is 0 Å². The van der Waals surface area contributed by atoms with E-state index in [4.69, 9.17) is 0 Å². The van der Waals surface area contributed by atoms with Crippen molar-refractivity contribution in [1.29, 1.82) is 0 Å². The van der Waals surface area contributed by atoms with Crippen LogP contribution >= 0.6 is 11.8 Å². The molecule has 1 heterocycles. The highest BCUT2D eigenvalue weighted by molar-refractivity contribution is 8.00. The van der Waals surface area contributed by atoms with E-state index in [1.165, 1.54) is 31.4 Å². The van der Waals surface area contributed by atoms with E-state index >= 15 is 0 Å². The predicted molar refractivity (Wildman–Crippen MR) is 80.5 cm³/mol. The van der Waals surface area contributed by atoms with Gasteiger partial charge in [0.25, 0.3) is 0 Å². The number of hydrogen-bond acceptors (Lipinski definition) is 2. The molecule has 0 radical (unpaired) electrons. The fourth-order valence-electron chi connectivity index (χ4n) is 2.64. The number of thioether (sulfide) groups is 1. The Morgan fingerprint density at radius 2 is 1.41 bits per heavy atom. The summed E-state index contributed by atoms with van der Waals surface area (Å²) in [7, 11) is 0. The average molecular weight is 257 g/mol. The van der Waals surface area contributed by atoms with Crippen molar-refractivity contribution in [2.24, 2.45) is 10.8 Å². The molecule has 0 spiro atoms. The van der Waals surface area contributed by atoms with Crippen molar-refractivity contribution >= 4 is 11.8 Å². The summed E-state index contributed by atoms with van der Waals surface area (Å²) >= 11 is 2.15. The normalized spacial score (nSPS) is 26.5. The summed E-state index contributed by atoms with van der Waals surface area (Å²) in [6.45, 7) is 14.2. The van der Waals surface area contributed by atoms with Crippen molar-refractivity contribution < 1.29 is 0 Å². The van der Waals surface area contributed by atoms with E-state index in [0.717, 1.165) is 0 Å². The van der Waals surface area contributed by atoms with Crippen LogP contribution in [0.15, 0.2) is 0 Å². The molecule has 0 aromatic carbocycles. The highest BCUT2D eigenvalue weighted by Gasteiger charge is 2.42. The van der Waals surface area contributed by atoms with Crippen LogP contribution in [0.1, 0.15) is 67.2 Å². The van der Waals surface area contributed by atoms with Gasteiger partial charge < -0.3 is 5.32 Å². The smallest absolute Gasteiger partial charge is 0.0589 e. The van der Waals surface area contributed by atoms with E-state index in [1.807, 2.05) is 0 Å². The van der Waals surface area contributed by atoms with Gasteiger partial charge in [0, 0.05) is 11.8 Å². The van der Waals surface area contributed by atoms with E-state index in [0.29, 0.717) is 22.2 Å². The third-order valence-corrected chi connectivity index (χ3v) is 7.05. The molecule has 1 fully saturated rings. The van der Waals surface area contributed by atoms with E-state index in [9.17, 15) is 0 Å². The average Bonchev–Trinajstić information content (AvgIpc) is 2.87. The molecular weight excluding hydrogens is 226 g/mol. The van der Waals surface area contributed by atoms with Gasteiger partial charge in [-0.1, -0.05) is 41.5 Å². The molecule has 0 aromatic rings. The van der Waals surface area contributed by atoms with Crippen LogP contribution in [0.3, 0.4) is 0 Å². The molecule has 1 aliphatic rings. The zero-order valence-electron chi connectivity index (χ0n) is 12.6. The van der Waals surface area contributed by atoms with Gasteiger partial charge >= 0.3 is 0 Å². The zero-order chi connectivity index (χ0) is 13.1. The molecule has 1 rings (SSSR count). The van der Waals surface area contributed by atoms with Gasteiger partial charge in [0.15, 0.2) is 0 Å². The Morgan fingerprint density at radius 1 is 0.941 bits per heavy atom. The fourth-order valence-corrected chi connectivity index (χ4v) is 4.52. The molecule has 0 amide bonds. The summed E-state index contributed by atoms with van der Waals surface area (Å²) in [6.07, 6.45) is 5.11. The van der Waals surface area contributed by atoms with Gasteiger partial charge in [0.2, 0.25) is 0 Å². The number of nitrogens with one attached hydrogen (secondary N) is 1. The molecular formula is C15H31NS. The van der Waals surface area contributed by atoms with E-state index in [-0.39, 0.29) is 0 Å². The molecule has 17 heavy (non-hydrogen) atoms. The minimum atomic E-state index is 0.460. The summed E-state index contributed by atoms with van der Waals surface area (Å²) in [5.41, 5.74) is 0.936. The lowest BCUT2D eigenvalue weighted by Crippen LogP contribution is -2.47. The van der Waals surface area contributed by atoms with Gasteiger partial charge in [-0.15, -0.1) is 11.8 Å². The summed E-state index contributed by atoms with van der Waals surface area (Å²) in [4.78, 5) is 0. The standard InChI is InChI=1S/C15H31NS/c1-7-14(5,8-2)12-11-17-13(16-12)15(6,9-3)10-4/h12-13,16H,7-11H2,1-6H3. The van der Waals surface area contributed by atoms with Crippen LogP contribution in [-0.4, -0.2) is 17.2 Å². The van der Waals surface area contributed by atoms with Crippen LogP contribution in [-0.2, 0) is 0 Å². The lowest BCUT2D eigenvalue weighted by Gasteiger charge is -2.37. The molecule has 1 N–H and O–H groups in total. The Labute approximate surface area is 113 Å². The van der Waals surface area contributed by atoms with E-state index < -0.39 is 0 Å². The van der Waals surface area contributed by atoms with Gasteiger partial charge in [-0.3, -0.25) is 0 Å². The fraction of sp³-hybridized carbons (Fsp3) is 1.00. The third kappa shape index (κ3) is 3.01. The van der Waals surface area contributed by atoms with E-state index in [1.54, 1.807) is 0 Å². The van der Waals surface area contributed by atoms with Crippen molar-refractivity contribution in [2.75, 3.05) is 5.75 Å². The summed E-state index contributed by atoms with van der Waals surface area (Å²) in [5.74, 6) is 1.29. The molecule has 102 valence electrons. The Kier molecular flexibility index (Phi) is 5.39. The minimum absolute atomic E-state index is 0.460. The largest absolute Gasteiger partial charge is 0.301 e. The molecule has 0 aliphatic carbocycles. The molecule has 0 bridgehead atoms. The Bertz CT molecular complexity index is 207. The van der Waals surface area contributed by atoms with Crippen LogP contribution in [0.5, 0.6) is 0 Å². The van der Waals surface area contributed by atoms with Crippen molar-refractivity contribution in [3.05, 3.63) is 0 Å². The first-order chi connectivity index (χ1) is 7.95. The second kappa shape index (κ2) is 5.97. The van der Waals surface area contributed by atoms with Crippen molar-refractivity contribution in [2.45, 2.75) is 78.6 Å². The Balaban J connectivity index is 2.70. The summed E-state index contributed by atoms with van der Waals surface area (Å²) < 4.78 is 0. The molecule has 2 heteroatoms. The monoisotopic (exact) mass is 257 g/mol. The lowest BCUT2D eigenvalue weighted by molar-refractivity contribution is 0.182.